The van der Waals surface area contributed by atoms with Gasteiger partial charge in [-0.3, -0.25) is 9.59 Å². The zero-order valence-electron chi connectivity index (χ0n) is 19.9. The maximum Gasteiger partial charge on any atom is 0.293 e. The molecule has 0 heterocycles. The fraction of sp³-hybridized carbons (Fsp3) is 0.407. The van der Waals surface area contributed by atoms with Gasteiger partial charge in [0, 0.05) is 17.9 Å². The Hall–Kier alpha value is -2.70. The van der Waals surface area contributed by atoms with Gasteiger partial charge in [-0.15, -0.1) is 0 Å². The molecule has 176 valence electrons. The lowest BCUT2D eigenvalue weighted by atomic mass is 9.90. The lowest BCUT2D eigenvalue weighted by Gasteiger charge is -2.32. The molecule has 1 aliphatic carbocycles. The number of rotatable bonds is 9. The molecule has 0 aliphatic heterocycles. The van der Waals surface area contributed by atoms with E-state index >= 15 is 0 Å². The molecule has 3 unspecified atom stereocenters. The maximum atomic E-state index is 12.9. The molecule has 6 heteroatoms. The van der Waals surface area contributed by atoms with E-state index in [2.05, 4.69) is 20.4 Å². The Kier molecular flexibility index (Phi) is 7.60. The van der Waals surface area contributed by atoms with Crippen molar-refractivity contribution in [2.24, 2.45) is 11.8 Å². The Labute approximate surface area is 197 Å². The monoisotopic (exact) mass is 466 g/mol. The van der Waals surface area contributed by atoms with Gasteiger partial charge >= 0.3 is 0 Å². The van der Waals surface area contributed by atoms with Crippen LogP contribution < -0.4 is 0 Å². The molecule has 1 N–H and O–H groups in total. The Bertz CT molecular complexity index is 983. The number of aliphatic hydroxyl groups is 1. The summed E-state index contributed by atoms with van der Waals surface area (Å²) in [6, 6.07) is 18.6. The second-order valence-electron chi connectivity index (χ2n) is 9.97. The minimum Gasteiger partial charge on any atom is -0.459 e. The summed E-state index contributed by atoms with van der Waals surface area (Å²) in [5.74, 6) is -1.72. The second kappa shape index (κ2) is 10.1. The van der Waals surface area contributed by atoms with Gasteiger partial charge in [0.2, 0.25) is 5.79 Å². The van der Waals surface area contributed by atoms with Crippen molar-refractivity contribution in [3.63, 3.8) is 0 Å². The summed E-state index contributed by atoms with van der Waals surface area (Å²) >= 11 is 0. The minimum absolute atomic E-state index is 0.231. The number of carbonyl (C=O) groups is 2. The van der Waals surface area contributed by atoms with E-state index in [0.29, 0.717) is 24.4 Å². The molecule has 2 aromatic carbocycles. The molecule has 1 saturated carbocycles. The normalized spacial score (nSPS) is 21.6. The highest BCUT2D eigenvalue weighted by molar-refractivity contribution is 7.03. The number of carbonyl (C=O) groups excluding carboxylic acids is 2. The van der Waals surface area contributed by atoms with E-state index in [4.69, 9.17) is 9.47 Å². The van der Waals surface area contributed by atoms with Crippen LogP contribution in [0.2, 0.25) is 19.1 Å². The highest BCUT2D eigenvalue weighted by Crippen LogP contribution is 2.47. The summed E-state index contributed by atoms with van der Waals surface area (Å²) in [6.45, 7) is 12.6. The molecule has 3 rings (SSSR count). The number of hydrogen-bond donors (Lipinski definition) is 1. The van der Waals surface area contributed by atoms with E-state index in [9.17, 15) is 14.7 Å². The lowest BCUT2D eigenvalue weighted by Crippen LogP contribution is -2.45. The van der Waals surface area contributed by atoms with Crippen molar-refractivity contribution in [3.05, 3.63) is 72.3 Å². The standard InChI is InChI=1S/C27H34O5Si/c1-19(2)17-33(4,5)26(29)32-27(30)16-15-24(20(27)3)25(31-18-28)23-13-11-22(12-14-23)21-9-7-6-8-10-21/h6-14,18-19,24-25,30H,3,15-17H2,1-2,4-5H3. The maximum absolute atomic E-state index is 12.9. The fourth-order valence-corrected chi connectivity index (χ4v) is 7.44. The molecular weight excluding hydrogens is 432 g/mol. The predicted octanol–water partition coefficient (Wildman–Crippen LogP) is 6.31. The quantitative estimate of drug-likeness (QED) is 0.203. The van der Waals surface area contributed by atoms with Gasteiger partial charge in [0.05, 0.1) is 0 Å². The molecule has 0 saturated heterocycles. The third-order valence-electron chi connectivity index (χ3n) is 6.39. The molecule has 0 aromatic heterocycles. The first-order valence-corrected chi connectivity index (χ1v) is 14.7. The van der Waals surface area contributed by atoms with Gasteiger partial charge in [0.25, 0.3) is 12.1 Å². The predicted molar refractivity (Wildman–Crippen MR) is 132 cm³/mol. The Morgan fingerprint density at radius 2 is 1.76 bits per heavy atom. The number of benzene rings is 2. The molecule has 1 fully saturated rings. The fourth-order valence-electron chi connectivity index (χ4n) is 4.78. The second-order valence-corrected chi connectivity index (χ2v) is 14.6. The summed E-state index contributed by atoms with van der Waals surface area (Å²) in [4.78, 5) is 24.2. The van der Waals surface area contributed by atoms with Crippen LogP contribution in [0.15, 0.2) is 66.7 Å². The number of hydrogen-bond acceptors (Lipinski definition) is 5. The third kappa shape index (κ3) is 5.62. The van der Waals surface area contributed by atoms with Crippen molar-refractivity contribution in [3.8, 4) is 11.1 Å². The molecule has 0 spiro atoms. The summed E-state index contributed by atoms with van der Waals surface area (Å²) in [5, 5.41) is 11.2. The van der Waals surface area contributed by atoms with Gasteiger partial charge in [-0.1, -0.05) is 88.1 Å². The molecular formula is C27H34O5Si. The summed E-state index contributed by atoms with van der Waals surface area (Å²) in [7, 11) is -2.33. The van der Waals surface area contributed by atoms with Crippen molar-refractivity contribution >= 4 is 20.1 Å². The van der Waals surface area contributed by atoms with Gasteiger partial charge in [0.15, 0.2) is 8.07 Å². The largest absolute Gasteiger partial charge is 0.459 e. The molecule has 0 bridgehead atoms. The Morgan fingerprint density at radius 3 is 2.33 bits per heavy atom. The van der Waals surface area contributed by atoms with E-state index in [0.717, 1.165) is 22.7 Å². The third-order valence-corrected chi connectivity index (χ3v) is 9.43. The molecule has 3 atom stereocenters. The number of ether oxygens (including phenoxy) is 2. The van der Waals surface area contributed by atoms with E-state index in [1.54, 1.807) is 0 Å². The van der Waals surface area contributed by atoms with Gasteiger partial charge < -0.3 is 14.6 Å². The van der Waals surface area contributed by atoms with Gasteiger partial charge in [0.1, 0.15) is 6.10 Å². The zero-order valence-corrected chi connectivity index (χ0v) is 20.9. The van der Waals surface area contributed by atoms with E-state index in [1.807, 2.05) is 67.7 Å². The first kappa shape index (κ1) is 24.9. The average Bonchev–Trinajstić information content (AvgIpc) is 3.06. The van der Waals surface area contributed by atoms with Crippen molar-refractivity contribution in [2.75, 3.05) is 0 Å². The van der Waals surface area contributed by atoms with Crippen LogP contribution in [0.5, 0.6) is 0 Å². The van der Waals surface area contributed by atoms with E-state index in [-0.39, 0.29) is 17.9 Å². The van der Waals surface area contributed by atoms with Crippen molar-refractivity contribution in [1.29, 1.82) is 0 Å². The van der Waals surface area contributed by atoms with Crippen LogP contribution in [-0.2, 0) is 14.3 Å². The van der Waals surface area contributed by atoms with E-state index in [1.165, 1.54) is 0 Å². The molecule has 0 radical (unpaired) electrons. The summed E-state index contributed by atoms with van der Waals surface area (Å²) in [5.41, 5.74) is 3.01. The van der Waals surface area contributed by atoms with Gasteiger partial charge in [-0.25, -0.2) is 0 Å². The van der Waals surface area contributed by atoms with Crippen molar-refractivity contribution in [2.45, 2.75) is 57.7 Å². The molecule has 1 aliphatic rings. The van der Waals surface area contributed by atoms with Crippen LogP contribution in [0.4, 0.5) is 4.79 Å². The molecule has 2 aromatic rings. The zero-order chi connectivity index (χ0) is 24.2. The highest BCUT2D eigenvalue weighted by atomic mass is 28.3. The average molecular weight is 467 g/mol. The summed E-state index contributed by atoms with van der Waals surface area (Å²) < 4.78 is 11.1. The van der Waals surface area contributed by atoms with Crippen molar-refractivity contribution < 1.29 is 24.2 Å². The molecule has 33 heavy (non-hydrogen) atoms. The van der Waals surface area contributed by atoms with Crippen LogP contribution in [0.25, 0.3) is 11.1 Å². The van der Waals surface area contributed by atoms with Crippen LogP contribution in [0.3, 0.4) is 0 Å². The summed E-state index contributed by atoms with van der Waals surface area (Å²) in [6.07, 6.45) is 0.108. The molecule has 5 nitrogen and oxygen atoms in total. The van der Waals surface area contributed by atoms with Gasteiger partial charge in [-0.2, -0.15) is 0 Å². The van der Waals surface area contributed by atoms with Crippen molar-refractivity contribution in [1.82, 2.24) is 0 Å². The molecule has 0 amide bonds. The minimum atomic E-state index is -2.33. The Balaban J connectivity index is 1.78. The lowest BCUT2D eigenvalue weighted by molar-refractivity contribution is -0.137. The van der Waals surface area contributed by atoms with Crippen LogP contribution in [0.1, 0.15) is 38.4 Å². The highest BCUT2D eigenvalue weighted by Gasteiger charge is 2.50. The first-order chi connectivity index (χ1) is 15.6. The first-order valence-electron chi connectivity index (χ1n) is 11.5. The van der Waals surface area contributed by atoms with Crippen LogP contribution in [-0.4, -0.2) is 31.0 Å². The SMILES string of the molecule is C=C1C(C(OC=O)c2ccc(-c3ccccc3)cc2)CCC1(O)OC(=O)[Si](C)(C)CC(C)C. The van der Waals surface area contributed by atoms with Crippen LogP contribution in [0, 0.1) is 11.8 Å². The smallest absolute Gasteiger partial charge is 0.293 e. The topological polar surface area (TPSA) is 72.8 Å². The van der Waals surface area contributed by atoms with E-state index < -0.39 is 20.0 Å². The van der Waals surface area contributed by atoms with Gasteiger partial charge in [-0.05, 0) is 35.1 Å². The Morgan fingerprint density at radius 1 is 1.15 bits per heavy atom. The van der Waals surface area contributed by atoms with Crippen LogP contribution >= 0.6 is 0 Å².